The third-order valence-electron chi connectivity index (χ3n) is 3.62. The summed E-state index contributed by atoms with van der Waals surface area (Å²) < 4.78 is 19.9. The van der Waals surface area contributed by atoms with Crippen LogP contribution in [0.15, 0.2) is 42.5 Å². The molecule has 0 saturated carbocycles. The predicted molar refractivity (Wildman–Crippen MR) is 105 cm³/mol. The van der Waals surface area contributed by atoms with Crippen LogP contribution in [-0.2, 0) is 14.3 Å². The van der Waals surface area contributed by atoms with E-state index >= 15 is 0 Å². The highest BCUT2D eigenvalue weighted by Crippen LogP contribution is 2.25. The van der Waals surface area contributed by atoms with Crippen molar-refractivity contribution in [1.29, 1.82) is 5.26 Å². The quantitative estimate of drug-likeness (QED) is 0.225. The van der Waals surface area contributed by atoms with Crippen LogP contribution < -0.4 is 20.9 Å². The summed E-state index contributed by atoms with van der Waals surface area (Å²) in [7, 11) is 1.45. The van der Waals surface area contributed by atoms with E-state index < -0.39 is 11.9 Å². The normalized spacial score (nSPS) is 10.2. The van der Waals surface area contributed by atoms with Gasteiger partial charge in [-0.15, -0.1) is 5.26 Å². The third kappa shape index (κ3) is 6.18. The second-order valence-corrected chi connectivity index (χ2v) is 5.58. The fraction of sp³-hybridized carbons (Fsp3) is 0.150. The number of carbonyl (C=O) groups excluding carboxylic acids is 2. The van der Waals surface area contributed by atoms with Crippen LogP contribution in [0, 0.1) is 11.5 Å². The van der Waals surface area contributed by atoms with Gasteiger partial charge in [0.05, 0.1) is 12.7 Å². The fourth-order valence-electron chi connectivity index (χ4n) is 2.27. The maximum atomic E-state index is 11.9. The molecule has 0 heterocycles. The molecule has 0 unspecified atom stereocenters. The van der Waals surface area contributed by atoms with Gasteiger partial charge in [-0.05, 0) is 36.4 Å². The lowest BCUT2D eigenvalue weighted by atomic mass is 10.1. The first-order valence-electron chi connectivity index (χ1n) is 8.35. The summed E-state index contributed by atoms with van der Waals surface area (Å²) in [6.45, 7) is -0.262. The number of nitrogens with zero attached hydrogens (tertiary/aromatic N) is 1. The first-order chi connectivity index (χ1) is 13.9. The molecule has 0 atom stereocenters. The number of methoxy groups -OCH3 is 1. The summed E-state index contributed by atoms with van der Waals surface area (Å²) in [5.74, 6) is -0.546. The van der Waals surface area contributed by atoms with Crippen LogP contribution >= 0.6 is 0 Å². The lowest BCUT2D eigenvalue weighted by Crippen LogP contribution is -2.14. The number of carbonyl (C=O) groups is 2. The van der Waals surface area contributed by atoms with E-state index in [2.05, 4.69) is 0 Å². The van der Waals surface area contributed by atoms with E-state index in [0.717, 1.165) is 0 Å². The van der Waals surface area contributed by atoms with Crippen molar-refractivity contribution in [2.45, 2.75) is 0 Å². The lowest BCUT2D eigenvalue weighted by molar-refractivity contribution is -0.138. The van der Waals surface area contributed by atoms with E-state index in [0.29, 0.717) is 22.7 Å². The highest BCUT2D eigenvalue weighted by molar-refractivity contribution is 5.95. The van der Waals surface area contributed by atoms with Gasteiger partial charge in [-0.25, -0.2) is 9.59 Å². The molecule has 2 aromatic carbocycles. The number of benzene rings is 2. The Hall–Kier alpha value is -4.19. The van der Waals surface area contributed by atoms with Crippen molar-refractivity contribution in [3.05, 3.63) is 53.6 Å². The molecule has 0 amide bonds. The molecule has 2 rings (SSSR count). The third-order valence-corrected chi connectivity index (χ3v) is 3.62. The van der Waals surface area contributed by atoms with Crippen LogP contribution in [0.2, 0.25) is 0 Å². The molecule has 0 bridgehead atoms. The molecular formula is C20H19N3O6. The van der Waals surface area contributed by atoms with Crippen LogP contribution in [0.3, 0.4) is 0 Å². The van der Waals surface area contributed by atoms with Gasteiger partial charge in [0.25, 0.3) is 6.26 Å². The Morgan fingerprint density at radius 2 is 1.86 bits per heavy atom. The van der Waals surface area contributed by atoms with Crippen molar-refractivity contribution in [3.8, 4) is 17.8 Å². The van der Waals surface area contributed by atoms with E-state index in [1.165, 1.54) is 43.5 Å². The Balaban J connectivity index is 1.82. The Morgan fingerprint density at radius 1 is 1.10 bits per heavy atom. The lowest BCUT2D eigenvalue weighted by Gasteiger charge is -2.08. The molecule has 150 valence electrons. The molecule has 29 heavy (non-hydrogen) atoms. The molecule has 0 saturated heterocycles. The highest BCUT2D eigenvalue weighted by Gasteiger charge is 2.11. The van der Waals surface area contributed by atoms with Crippen LogP contribution in [0.4, 0.5) is 11.4 Å². The van der Waals surface area contributed by atoms with Crippen molar-refractivity contribution in [2.75, 3.05) is 31.8 Å². The largest absolute Gasteiger partial charge is 0.496 e. The van der Waals surface area contributed by atoms with E-state index in [1.807, 2.05) is 0 Å². The average Bonchev–Trinajstić information content (AvgIpc) is 2.70. The van der Waals surface area contributed by atoms with Gasteiger partial charge in [0.1, 0.15) is 24.7 Å². The van der Waals surface area contributed by atoms with Gasteiger partial charge in [-0.1, -0.05) is 0 Å². The van der Waals surface area contributed by atoms with Gasteiger partial charge in [-0.3, -0.25) is 0 Å². The summed E-state index contributed by atoms with van der Waals surface area (Å²) in [5.41, 5.74) is 12.7. The SMILES string of the molecule is COc1cc(OC#N)ccc1/C=C/C(=O)OCCOC(=O)c1ccc(N)cc1N. The maximum Gasteiger partial charge on any atom is 0.340 e. The zero-order chi connectivity index (χ0) is 21.2. The molecular weight excluding hydrogens is 378 g/mol. The number of ether oxygens (including phenoxy) is 4. The minimum absolute atomic E-state index is 0.129. The zero-order valence-electron chi connectivity index (χ0n) is 15.6. The van der Waals surface area contributed by atoms with Crippen LogP contribution in [0.25, 0.3) is 6.08 Å². The Kier molecular flexibility index (Phi) is 7.44. The number of hydrogen-bond donors (Lipinski definition) is 2. The Bertz CT molecular complexity index is 965. The number of nitriles is 1. The van der Waals surface area contributed by atoms with Crippen LogP contribution in [0.1, 0.15) is 15.9 Å². The van der Waals surface area contributed by atoms with Gasteiger partial charge in [0.15, 0.2) is 0 Å². The van der Waals surface area contributed by atoms with E-state index in [1.54, 1.807) is 18.4 Å². The summed E-state index contributed by atoms with van der Waals surface area (Å²) in [6.07, 6.45) is 4.24. The monoisotopic (exact) mass is 397 g/mol. The van der Waals surface area contributed by atoms with Crippen molar-refractivity contribution >= 4 is 29.4 Å². The topological polar surface area (TPSA) is 147 Å². The number of anilines is 2. The summed E-state index contributed by atoms with van der Waals surface area (Å²) in [4.78, 5) is 23.7. The molecule has 0 aromatic heterocycles. The molecule has 0 radical (unpaired) electrons. The first-order valence-corrected chi connectivity index (χ1v) is 8.35. The maximum absolute atomic E-state index is 11.9. The van der Waals surface area contributed by atoms with E-state index in [4.69, 9.17) is 35.7 Å². The highest BCUT2D eigenvalue weighted by atomic mass is 16.6. The second kappa shape index (κ2) is 10.2. The molecule has 0 aliphatic heterocycles. The molecule has 0 aliphatic carbocycles. The first kappa shape index (κ1) is 21.1. The molecule has 0 aliphatic rings. The number of esters is 2. The second-order valence-electron chi connectivity index (χ2n) is 5.58. The van der Waals surface area contributed by atoms with Gasteiger partial charge < -0.3 is 30.4 Å². The number of hydrogen-bond acceptors (Lipinski definition) is 9. The van der Waals surface area contributed by atoms with Crippen molar-refractivity contribution < 1.29 is 28.5 Å². The van der Waals surface area contributed by atoms with E-state index in [-0.39, 0.29) is 24.5 Å². The fourth-order valence-corrected chi connectivity index (χ4v) is 2.27. The van der Waals surface area contributed by atoms with Crippen LogP contribution in [-0.4, -0.2) is 32.3 Å². The number of nitrogen functional groups attached to an aromatic ring is 2. The number of rotatable bonds is 8. The standard InChI is InChI=1S/C20H19N3O6/c1-26-18-11-15(29-12-21)5-2-13(18)3-7-19(24)27-8-9-28-20(25)16-6-4-14(22)10-17(16)23/h2-7,10-11H,8-9,22-23H2,1H3/b7-3+. The molecule has 2 aromatic rings. The minimum atomic E-state index is -0.640. The van der Waals surface area contributed by atoms with Gasteiger partial charge in [0, 0.05) is 29.1 Å². The van der Waals surface area contributed by atoms with Gasteiger partial charge in [0.2, 0.25) is 0 Å². The minimum Gasteiger partial charge on any atom is -0.496 e. The average molecular weight is 397 g/mol. The summed E-state index contributed by atoms with van der Waals surface area (Å²) in [6, 6.07) is 9.13. The van der Waals surface area contributed by atoms with Crippen molar-refractivity contribution in [2.24, 2.45) is 0 Å². The summed E-state index contributed by atoms with van der Waals surface area (Å²) >= 11 is 0. The predicted octanol–water partition coefficient (Wildman–Crippen LogP) is 2.13. The molecule has 0 fully saturated rings. The van der Waals surface area contributed by atoms with Crippen molar-refractivity contribution in [3.63, 3.8) is 0 Å². The van der Waals surface area contributed by atoms with Crippen LogP contribution in [0.5, 0.6) is 11.5 Å². The van der Waals surface area contributed by atoms with Gasteiger partial charge >= 0.3 is 11.9 Å². The summed E-state index contributed by atoms with van der Waals surface area (Å²) in [5, 5.41) is 8.52. The Labute approximate surface area is 167 Å². The van der Waals surface area contributed by atoms with Crippen molar-refractivity contribution in [1.82, 2.24) is 0 Å². The molecule has 9 nitrogen and oxygen atoms in total. The smallest absolute Gasteiger partial charge is 0.340 e. The number of nitrogens with two attached hydrogens (primary N) is 2. The van der Waals surface area contributed by atoms with Gasteiger partial charge in [-0.2, -0.15) is 0 Å². The van der Waals surface area contributed by atoms with E-state index in [9.17, 15) is 9.59 Å². The Morgan fingerprint density at radius 3 is 2.55 bits per heavy atom. The molecule has 9 heteroatoms. The molecule has 4 N–H and O–H groups in total. The molecule has 0 spiro atoms. The zero-order valence-corrected chi connectivity index (χ0v) is 15.6.